The fourth-order valence-corrected chi connectivity index (χ4v) is 2.68. The number of H-pyrrole nitrogens is 1. The van der Waals surface area contributed by atoms with Crippen molar-refractivity contribution in [2.45, 2.75) is 26.3 Å². The molecular weight excluding hydrogens is 352 g/mol. The maximum Gasteiger partial charge on any atom is 0.182 e. The Morgan fingerprint density at radius 3 is 2.82 bits per heavy atom. The number of nitrogens with two attached hydrogens (primary N) is 1. The number of methoxy groups -OCH3 is 1. The quantitative estimate of drug-likeness (QED) is 0.436. The molecule has 7 heteroatoms. The zero-order valence-corrected chi connectivity index (χ0v) is 16.3. The van der Waals surface area contributed by atoms with E-state index in [1.54, 1.807) is 19.4 Å². The molecule has 4 rings (SSSR count). The van der Waals surface area contributed by atoms with Crippen LogP contribution in [-0.4, -0.2) is 33.7 Å². The molecule has 0 amide bonds. The van der Waals surface area contributed by atoms with Crippen molar-refractivity contribution in [1.82, 2.24) is 19.9 Å². The summed E-state index contributed by atoms with van der Waals surface area (Å²) in [4.78, 5) is 16.2. The minimum absolute atomic E-state index is 0.441. The number of unbranched alkanes of at least 4 members (excludes halogenated alkanes) is 1. The Morgan fingerprint density at radius 1 is 1.14 bits per heavy atom. The van der Waals surface area contributed by atoms with Gasteiger partial charge in [-0.3, -0.25) is 0 Å². The Hall–Kier alpha value is -3.19. The third kappa shape index (κ3) is 5.17. The lowest BCUT2D eigenvalue weighted by molar-refractivity contribution is 0.194. The lowest BCUT2D eigenvalue weighted by Gasteiger charge is -2.06. The summed E-state index contributed by atoms with van der Waals surface area (Å²) in [6.45, 7) is 3.73. The number of aromatic nitrogens is 4. The fraction of sp³-hybridized carbons (Fsp3) is 0.286. The lowest BCUT2D eigenvalue weighted by Crippen LogP contribution is -2.03. The summed E-state index contributed by atoms with van der Waals surface area (Å²) in [5.74, 6) is 1.12. The molecule has 0 aliphatic rings. The number of pyridine rings is 1. The van der Waals surface area contributed by atoms with Crippen LogP contribution in [0.2, 0.25) is 0 Å². The van der Waals surface area contributed by atoms with Crippen molar-refractivity contribution in [3.05, 3.63) is 54.4 Å². The predicted molar refractivity (Wildman–Crippen MR) is 114 cm³/mol. The molecule has 4 aromatic rings. The van der Waals surface area contributed by atoms with Gasteiger partial charge in [-0.2, -0.15) is 0 Å². The number of rotatable bonds is 6. The van der Waals surface area contributed by atoms with Crippen LogP contribution in [0.1, 0.15) is 25.3 Å². The second-order valence-corrected chi connectivity index (χ2v) is 6.43. The Kier molecular flexibility index (Phi) is 6.75. The maximum absolute atomic E-state index is 5.68. The maximum atomic E-state index is 5.68. The molecule has 0 atom stereocenters. The molecule has 28 heavy (non-hydrogen) atoms. The van der Waals surface area contributed by atoms with Crippen molar-refractivity contribution in [3.8, 4) is 0 Å². The van der Waals surface area contributed by atoms with Crippen molar-refractivity contribution in [1.29, 1.82) is 0 Å². The molecule has 0 bridgehead atoms. The predicted octanol–water partition coefficient (Wildman–Crippen LogP) is 4.13. The highest BCUT2D eigenvalue weighted by molar-refractivity contribution is 5.80. The second kappa shape index (κ2) is 9.66. The number of hydrogen-bond acceptors (Lipinski definition) is 6. The summed E-state index contributed by atoms with van der Waals surface area (Å²) in [7, 11) is 1.73. The Balaban J connectivity index is 0.000000330. The number of nitrogen functional groups attached to an aromatic ring is 1. The number of benzene rings is 1. The monoisotopic (exact) mass is 378 g/mol. The summed E-state index contributed by atoms with van der Waals surface area (Å²) >= 11 is 0. The molecule has 0 saturated heterocycles. The van der Waals surface area contributed by atoms with E-state index in [2.05, 4.69) is 56.4 Å². The van der Waals surface area contributed by atoms with E-state index in [4.69, 9.17) is 10.5 Å². The van der Waals surface area contributed by atoms with Crippen LogP contribution in [-0.2, 0) is 11.3 Å². The highest BCUT2D eigenvalue weighted by Gasteiger charge is 2.02. The fourth-order valence-electron chi connectivity index (χ4n) is 2.68. The van der Waals surface area contributed by atoms with Crippen LogP contribution in [0.25, 0.3) is 22.1 Å². The molecule has 146 valence electrons. The molecule has 0 saturated carbocycles. The zero-order valence-electron chi connectivity index (χ0n) is 16.3. The van der Waals surface area contributed by atoms with E-state index in [9.17, 15) is 0 Å². The SMILES string of the molecule is CCCCOC.Nc1ccc2ncc(NCc3ccc4cc[nH]c4c3)nc2n1. The number of ether oxygens (including phenoxy) is 1. The third-order valence-corrected chi connectivity index (χ3v) is 4.22. The van der Waals surface area contributed by atoms with Gasteiger partial charge in [0.15, 0.2) is 5.65 Å². The van der Waals surface area contributed by atoms with E-state index in [1.807, 2.05) is 12.3 Å². The van der Waals surface area contributed by atoms with Gasteiger partial charge in [0.25, 0.3) is 0 Å². The highest BCUT2D eigenvalue weighted by Crippen LogP contribution is 2.16. The molecule has 0 aliphatic heterocycles. The van der Waals surface area contributed by atoms with Crippen LogP contribution in [0.4, 0.5) is 11.6 Å². The van der Waals surface area contributed by atoms with Crippen molar-refractivity contribution in [2.24, 2.45) is 0 Å². The second-order valence-electron chi connectivity index (χ2n) is 6.43. The standard InChI is InChI=1S/C16H14N6.C5H12O/c17-14-4-3-12-16(21-14)22-15(9-19-12)20-8-10-1-2-11-5-6-18-13(11)7-10;1-3-4-5-6-2/h1-7,9,18H,8H2,(H3,17,20,21,22);3-5H2,1-2H3. The van der Waals surface area contributed by atoms with Gasteiger partial charge in [-0.1, -0.05) is 25.5 Å². The van der Waals surface area contributed by atoms with E-state index >= 15 is 0 Å². The van der Waals surface area contributed by atoms with Crippen LogP contribution in [0.15, 0.2) is 48.8 Å². The average Bonchev–Trinajstić information content (AvgIpc) is 3.18. The summed E-state index contributed by atoms with van der Waals surface area (Å²) in [5, 5.41) is 4.46. The average molecular weight is 378 g/mol. The summed E-state index contributed by atoms with van der Waals surface area (Å²) < 4.78 is 4.78. The normalized spacial score (nSPS) is 10.6. The largest absolute Gasteiger partial charge is 0.385 e. The topological polar surface area (TPSA) is 102 Å². The molecule has 0 unspecified atom stereocenters. The molecule has 3 aromatic heterocycles. The van der Waals surface area contributed by atoms with E-state index in [0.29, 0.717) is 23.8 Å². The number of anilines is 2. The van der Waals surface area contributed by atoms with Crippen LogP contribution >= 0.6 is 0 Å². The Bertz CT molecular complexity index is 1030. The van der Waals surface area contributed by atoms with Crippen LogP contribution < -0.4 is 11.1 Å². The first-order valence-corrected chi connectivity index (χ1v) is 9.37. The number of fused-ring (bicyclic) bond motifs is 2. The molecular formula is C21H26N6O. The molecule has 0 aliphatic carbocycles. The van der Waals surface area contributed by atoms with Gasteiger partial charge in [0.2, 0.25) is 0 Å². The Morgan fingerprint density at radius 2 is 2.04 bits per heavy atom. The first-order valence-electron chi connectivity index (χ1n) is 9.37. The number of nitrogens with one attached hydrogen (secondary N) is 2. The van der Waals surface area contributed by atoms with Crippen LogP contribution in [0.3, 0.4) is 0 Å². The van der Waals surface area contributed by atoms with Gasteiger partial charge >= 0.3 is 0 Å². The molecule has 1 aromatic carbocycles. The third-order valence-electron chi connectivity index (χ3n) is 4.22. The smallest absolute Gasteiger partial charge is 0.182 e. The summed E-state index contributed by atoms with van der Waals surface area (Å²) in [6.07, 6.45) is 6.06. The molecule has 7 nitrogen and oxygen atoms in total. The van der Waals surface area contributed by atoms with Crippen LogP contribution in [0.5, 0.6) is 0 Å². The zero-order chi connectivity index (χ0) is 19.8. The van der Waals surface area contributed by atoms with Crippen molar-refractivity contribution in [3.63, 3.8) is 0 Å². The van der Waals surface area contributed by atoms with E-state index in [0.717, 1.165) is 23.2 Å². The van der Waals surface area contributed by atoms with Gasteiger partial charge < -0.3 is 20.8 Å². The summed E-state index contributed by atoms with van der Waals surface area (Å²) in [5.41, 5.74) is 9.24. The number of aromatic amines is 1. The number of hydrogen-bond donors (Lipinski definition) is 3. The summed E-state index contributed by atoms with van der Waals surface area (Å²) in [6, 6.07) is 11.9. The van der Waals surface area contributed by atoms with E-state index in [-0.39, 0.29) is 0 Å². The Labute approximate surface area is 164 Å². The molecule has 0 fully saturated rings. The first-order chi connectivity index (χ1) is 13.7. The lowest BCUT2D eigenvalue weighted by atomic mass is 10.1. The van der Waals surface area contributed by atoms with Gasteiger partial charge in [0.05, 0.1) is 6.20 Å². The molecule has 3 heterocycles. The molecule has 4 N–H and O–H groups in total. The van der Waals surface area contributed by atoms with Gasteiger partial charge in [0, 0.05) is 32.0 Å². The minimum atomic E-state index is 0.441. The van der Waals surface area contributed by atoms with Gasteiger partial charge in [-0.05, 0) is 41.6 Å². The minimum Gasteiger partial charge on any atom is -0.385 e. The number of nitrogens with zero attached hydrogens (tertiary/aromatic N) is 3. The molecule has 0 radical (unpaired) electrons. The van der Waals surface area contributed by atoms with Gasteiger partial charge in [0.1, 0.15) is 17.2 Å². The van der Waals surface area contributed by atoms with Crippen molar-refractivity contribution >= 4 is 33.7 Å². The molecule has 0 spiro atoms. The first kappa shape index (κ1) is 19.6. The van der Waals surface area contributed by atoms with Crippen LogP contribution in [0, 0.1) is 0 Å². The van der Waals surface area contributed by atoms with E-state index in [1.165, 1.54) is 18.2 Å². The van der Waals surface area contributed by atoms with Gasteiger partial charge in [-0.25, -0.2) is 15.0 Å². The van der Waals surface area contributed by atoms with Crippen molar-refractivity contribution in [2.75, 3.05) is 24.8 Å². The van der Waals surface area contributed by atoms with Crippen molar-refractivity contribution < 1.29 is 4.74 Å². The van der Waals surface area contributed by atoms with Gasteiger partial charge in [-0.15, -0.1) is 0 Å². The van der Waals surface area contributed by atoms with E-state index < -0.39 is 0 Å². The highest BCUT2D eigenvalue weighted by atomic mass is 16.5.